The Morgan fingerprint density at radius 2 is 1.78 bits per heavy atom. The second-order valence-corrected chi connectivity index (χ2v) is 5.65. The Hall–Kier alpha value is -2.63. The van der Waals surface area contributed by atoms with Crippen molar-refractivity contribution in [3.05, 3.63) is 71.9 Å². The van der Waals surface area contributed by atoms with E-state index in [0.717, 1.165) is 21.7 Å². The molecule has 1 amide bonds. The predicted octanol–water partition coefficient (Wildman–Crippen LogP) is 2.87. The third-order valence-electron chi connectivity index (χ3n) is 4.33. The maximum Gasteiger partial charge on any atom is 0.355 e. The summed E-state index contributed by atoms with van der Waals surface area (Å²) in [6.07, 6.45) is 0.255. The van der Waals surface area contributed by atoms with Crippen LogP contribution in [0.4, 0.5) is 4.79 Å². The molecule has 1 N–H and O–H groups in total. The number of fused-ring (bicyclic) bond motifs is 3. The van der Waals surface area contributed by atoms with E-state index in [4.69, 9.17) is 4.84 Å². The summed E-state index contributed by atoms with van der Waals surface area (Å²) in [5, 5.41) is 13.2. The SMILES string of the molecule is CON1C(=O)n2c(cc3ccccc32)CC1(O)c1ccccc1. The maximum absolute atomic E-state index is 12.9. The molecule has 1 aliphatic rings. The van der Waals surface area contributed by atoms with Gasteiger partial charge in [0.05, 0.1) is 12.6 Å². The largest absolute Gasteiger partial charge is 0.365 e. The van der Waals surface area contributed by atoms with Crippen LogP contribution in [-0.4, -0.2) is 27.9 Å². The molecule has 1 unspecified atom stereocenters. The molecule has 0 fully saturated rings. The fraction of sp³-hybridized carbons (Fsp3) is 0.167. The lowest BCUT2D eigenvalue weighted by Crippen LogP contribution is -2.55. The van der Waals surface area contributed by atoms with Crippen LogP contribution in [0.15, 0.2) is 60.7 Å². The maximum atomic E-state index is 12.9. The van der Waals surface area contributed by atoms with Crippen LogP contribution in [0.2, 0.25) is 0 Å². The molecule has 5 heteroatoms. The van der Waals surface area contributed by atoms with Crippen LogP contribution in [0.5, 0.6) is 0 Å². The smallest absolute Gasteiger partial charge is 0.355 e. The van der Waals surface area contributed by atoms with Gasteiger partial charge in [0, 0.05) is 23.1 Å². The molecule has 2 aromatic carbocycles. The first-order valence-electron chi connectivity index (χ1n) is 7.41. The normalized spacial score (nSPS) is 20.8. The van der Waals surface area contributed by atoms with Gasteiger partial charge in [0.15, 0.2) is 5.72 Å². The van der Waals surface area contributed by atoms with Crippen molar-refractivity contribution in [1.82, 2.24) is 9.63 Å². The van der Waals surface area contributed by atoms with Crippen molar-refractivity contribution in [1.29, 1.82) is 0 Å². The highest BCUT2D eigenvalue weighted by Gasteiger charge is 2.46. The van der Waals surface area contributed by atoms with E-state index in [9.17, 15) is 9.90 Å². The van der Waals surface area contributed by atoms with E-state index < -0.39 is 11.8 Å². The Bertz CT molecular complexity index is 888. The number of carbonyl (C=O) groups excluding carboxylic acids is 1. The lowest BCUT2D eigenvalue weighted by atomic mass is 9.96. The second kappa shape index (κ2) is 4.94. The van der Waals surface area contributed by atoms with Crippen LogP contribution in [0.1, 0.15) is 11.3 Å². The summed E-state index contributed by atoms with van der Waals surface area (Å²) in [4.78, 5) is 18.2. The van der Waals surface area contributed by atoms with Gasteiger partial charge >= 0.3 is 6.03 Å². The van der Waals surface area contributed by atoms with Crippen molar-refractivity contribution < 1.29 is 14.7 Å². The van der Waals surface area contributed by atoms with Crippen molar-refractivity contribution >= 4 is 16.9 Å². The Balaban J connectivity index is 1.94. The number of hydroxylamine groups is 2. The van der Waals surface area contributed by atoms with E-state index in [2.05, 4.69) is 0 Å². The molecule has 1 aromatic heterocycles. The Morgan fingerprint density at radius 3 is 2.52 bits per heavy atom. The van der Waals surface area contributed by atoms with Crippen LogP contribution >= 0.6 is 0 Å². The molecule has 1 aliphatic heterocycles. The summed E-state index contributed by atoms with van der Waals surface area (Å²) in [6.45, 7) is 0. The minimum Gasteiger partial charge on any atom is -0.365 e. The first kappa shape index (κ1) is 14.0. The molecule has 23 heavy (non-hydrogen) atoms. The topological polar surface area (TPSA) is 54.7 Å². The van der Waals surface area contributed by atoms with E-state index >= 15 is 0 Å². The molecule has 116 valence electrons. The van der Waals surface area contributed by atoms with Crippen LogP contribution in [0.25, 0.3) is 10.9 Å². The van der Waals surface area contributed by atoms with Gasteiger partial charge in [0.2, 0.25) is 0 Å². The standard InChI is InChI=1S/C18H16N2O3/c1-23-20-17(21)19-15(11-13-7-5-6-10-16(13)19)12-18(20,22)14-8-3-2-4-9-14/h2-11,22H,12H2,1H3. The number of nitrogens with zero attached hydrogens (tertiary/aromatic N) is 2. The molecule has 0 saturated carbocycles. The molecule has 5 nitrogen and oxygen atoms in total. The molecular formula is C18H16N2O3. The van der Waals surface area contributed by atoms with Crippen molar-refractivity contribution in [2.45, 2.75) is 12.1 Å². The first-order chi connectivity index (χ1) is 11.1. The van der Waals surface area contributed by atoms with Crippen molar-refractivity contribution in [2.24, 2.45) is 0 Å². The van der Waals surface area contributed by atoms with Crippen LogP contribution in [-0.2, 0) is 17.0 Å². The predicted molar refractivity (Wildman–Crippen MR) is 85.6 cm³/mol. The minimum atomic E-state index is -1.53. The molecule has 0 radical (unpaired) electrons. The van der Waals surface area contributed by atoms with E-state index in [1.54, 1.807) is 16.7 Å². The zero-order valence-electron chi connectivity index (χ0n) is 12.6. The van der Waals surface area contributed by atoms with Gasteiger partial charge in [-0.05, 0) is 12.1 Å². The van der Waals surface area contributed by atoms with E-state index in [1.807, 2.05) is 48.5 Å². The number of carbonyl (C=O) groups is 1. The van der Waals surface area contributed by atoms with Gasteiger partial charge in [-0.2, -0.15) is 5.06 Å². The highest BCUT2D eigenvalue weighted by Crippen LogP contribution is 2.37. The fourth-order valence-electron chi connectivity index (χ4n) is 3.29. The van der Waals surface area contributed by atoms with E-state index in [1.165, 1.54) is 7.11 Å². The molecule has 0 spiro atoms. The van der Waals surface area contributed by atoms with Gasteiger partial charge in [0.1, 0.15) is 0 Å². The molecular weight excluding hydrogens is 292 g/mol. The Labute approximate surface area is 133 Å². The summed E-state index contributed by atoms with van der Waals surface area (Å²) in [7, 11) is 1.39. The van der Waals surface area contributed by atoms with Crippen LogP contribution in [0, 0.1) is 0 Å². The van der Waals surface area contributed by atoms with E-state index in [-0.39, 0.29) is 6.42 Å². The van der Waals surface area contributed by atoms with Crippen LogP contribution < -0.4 is 0 Å². The van der Waals surface area contributed by atoms with Gasteiger partial charge in [-0.3, -0.25) is 9.40 Å². The Kier molecular flexibility index (Phi) is 3.01. The lowest BCUT2D eigenvalue weighted by Gasteiger charge is -2.41. The highest BCUT2D eigenvalue weighted by atomic mass is 16.7. The van der Waals surface area contributed by atoms with Crippen molar-refractivity contribution in [3.8, 4) is 0 Å². The fourth-order valence-corrected chi connectivity index (χ4v) is 3.29. The molecule has 0 saturated heterocycles. The van der Waals surface area contributed by atoms with Gasteiger partial charge in [-0.15, -0.1) is 0 Å². The summed E-state index contributed by atoms with van der Waals surface area (Å²) < 4.78 is 1.59. The number of rotatable bonds is 2. The summed E-state index contributed by atoms with van der Waals surface area (Å²) in [5.41, 5.74) is 0.657. The third kappa shape index (κ3) is 1.91. The minimum absolute atomic E-state index is 0.255. The summed E-state index contributed by atoms with van der Waals surface area (Å²) >= 11 is 0. The van der Waals surface area contributed by atoms with Gasteiger partial charge in [-0.1, -0.05) is 48.5 Å². The van der Waals surface area contributed by atoms with Gasteiger partial charge in [-0.25, -0.2) is 4.79 Å². The summed E-state index contributed by atoms with van der Waals surface area (Å²) in [5.74, 6) is 0. The monoisotopic (exact) mass is 308 g/mol. The second-order valence-electron chi connectivity index (χ2n) is 5.65. The number of amides is 1. The average molecular weight is 308 g/mol. The molecule has 2 heterocycles. The molecule has 4 rings (SSSR count). The number of aliphatic hydroxyl groups is 1. The zero-order chi connectivity index (χ0) is 16.0. The van der Waals surface area contributed by atoms with Gasteiger partial charge in [0.25, 0.3) is 0 Å². The number of hydrogen-bond acceptors (Lipinski definition) is 3. The average Bonchev–Trinajstić information content (AvgIpc) is 2.94. The third-order valence-corrected chi connectivity index (χ3v) is 4.33. The summed E-state index contributed by atoms with van der Waals surface area (Å²) in [6, 6.07) is 18.3. The molecule has 0 bridgehead atoms. The van der Waals surface area contributed by atoms with Gasteiger partial charge < -0.3 is 5.11 Å². The van der Waals surface area contributed by atoms with E-state index in [0.29, 0.717) is 5.56 Å². The number of aromatic nitrogens is 1. The number of hydrogen-bond donors (Lipinski definition) is 1. The number of para-hydroxylation sites is 1. The molecule has 3 aromatic rings. The Morgan fingerprint density at radius 1 is 1.09 bits per heavy atom. The van der Waals surface area contributed by atoms with Crippen molar-refractivity contribution in [3.63, 3.8) is 0 Å². The molecule has 0 aliphatic carbocycles. The lowest BCUT2D eigenvalue weighted by molar-refractivity contribution is -0.254. The first-order valence-corrected chi connectivity index (χ1v) is 7.41. The van der Waals surface area contributed by atoms with Crippen LogP contribution in [0.3, 0.4) is 0 Å². The quantitative estimate of drug-likeness (QED) is 0.792. The van der Waals surface area contributed by atoms with Crippen molar-refractivity contribution in [2.75, 3.05) is 7.11 Å². The molecule has 1 atom stereocenters. The number of benzene rings is 2. The highest BCUT2D eigenvalue weighted by molar-refractivity contribution is 5.93. The zero-order valence-corrected chi connectivity index (χ0v) is 12.6.